The fourth-order valence-electron chi connectivity index (χ4n) is 2.12. The summed E-state index contributed by atoms with van der Waals surface area (Å²) in [6.45, 7) is 4.04. The number of H-pyrrole nitrogens is 1. The first-order chi connectivity index (χ1) is 9.12. The number of nitrogens with one attached hydrogen (secondary N) is 2. The molecule has 0 saturated carbocycles. The number of rotatable bonds is 4. The third-order valence-electron chi connectivity index (χ3n) is 3.34. The molecule has 19 heavy (non-hydrogen) atoms. The number of anilines is 1. The molecular weight excluding hydrogens is 242 g/mol. The van der Waals surface area contributed by atoms with Gasteiger partial charge >= 0.3 is 0 Å². The van der Waals surface area contributed by atoms with E-state index in [1.54, 1.807) is 14.2 Å². The first kappa shape index (κ1) is 13.3. The molecule has 0 saturated heterocycles. The van der Waals surface area contributed by atoms with Crippen molar-refractivity contribution < 1.29 is 9.47 Å². The Kier molecular flexibility index (Phi) is 3.64. The smallest absolute Gasteiger partial charge is 0.148 e. The highest BCUT2D eigenvalue weighted by Crippen LogP contribution is 2.39. The van der Waals surface area contributed by atoms with Crippen molar-refractivity contribution in [1.82, 2.24) is 10.2 Å². The molecule has 0 radical (unpaired) electrons. The van der Waals surface area contributed by atoms with Gasteiger partial charge in [-0.1, -0.05) is 0 Å². The van der Waals surface area contributed by atoms with Gasteiger partial charge in [-0.05, 0) is 31.0 Å². The van der Waals surface area contributed by atoms with E-state index in [1.807, 2.05) is 33.0 Å². The van der Waals surface area contributed by atoms with Crippen LogP contribution in [0.2, 0.25) is 0 Å². The standard InChI is InChI=1S/C14H19N3O2/c1-8-9(2)14(19-5)10(6-12(8)18-4)11-7-13(15-3)17-16-11/h6-7H,1-5H3,(H2,15,16,17). The molecule has 1 heterocycles. The monoisotopic (exact) mass is 261 g/mol. The average Bonchev–Trinajstić information content (AvgIpc) is 2.90. The number of hydrogen-bond donors (Lipinski definition) is 2. The summed E-state index contributed by atoms with van der Waals surface area (Å²) in [4.78, 5) is 0. The fraction of sp³-hybridized carbons (Fsp3) is 0.357. The second-order valence-electron chi connectivity index (χ2n) is 4.33. The molecule has 0 amide bonds. The Balaban J connectivity index is 2.64. The number of nitrogens with zero attached hydrogens (tertiary/aromatic N) is 1. The summed E-state index contributed by atoms with van der Waals surface area (Å²) in [5, 5.41) is 10.2. The van der Waals surface area contributed by atoms with Crippen LogP contribution in [0.3, 0.4) is 0 Å². The summed E-state index contributed by atoms with van der Waals surface area (Å²) in [7, 11) is 5.18. The van der Waals surface area contributed by atoms with Crippen molar-refractivity contribution in [1.29, 1.82) is 0 Å². The lowest BCUT2D eigenvalue weighted by Crippen LogP contribution is -1.97. The topological polar surface area (TPSA) is 59.2 Å². The van der Waals surface area contributed by atoms with Crippen LogP contribution in [0.4, 0.5) is 5.82 Å². The summed E-state index contributed by atoms with van der Waals surface area (Å²) in [5.74, 6) is 2.47. The van der Waals surface area contributed by atoms with Crippen LogP contribution >= 0.6 is 0 Å². The normalized spacial score (nSPS) is 10.4. The van der Waals surface area contributed by atoms with E-state index in [9.17, 15) is 0 Å². The number of aromatic amines is 1. The van der Waals surface area contributed by atoms with Gasteiger partial charge in [0.2, 0.25) is 0 Å². The Labute approximate surface area is 112 Å². The van der Waals surface area contributed by atoms with Gasteiger partial charge in [-0.3, -0.25) is 5.10 Å². The van der Waals surface area contributed by atoms with Crippen molar-refractivity contribution in [3.05, 3.63) is 23.3 Å². The Morgan fingerprint density at radius 1 is 1.11 bits per heavy atom. The van der Waals surface area contributed by atoms with Crippen molar-refractivity contribution in [3.63, 3.8) is 0 Å². The van der Waals surface area contributed by atoms with Crippen LogP contribution in [-0.4, -0.2) is 31.5 Å². The maximum atomic E-state index is 5.53. The molecule has 5 heteroatoms. The Bertz CT molecular complexity index is 591. The highest BCUT2D eigenvalue weighted by molar-refractivity contribution is 5.74. The molecule has 1 aromatic heterocycles. The van der Waals surface area contributed by atoms with Gasteiger partial charge in [0.15, 0.2) is 0 Å². The summed E-state index contributed by atoms with van der Waals surface area (Å²) < 4.78 is 10.9. The van der Waals surface area contributed by atoms with Gasteiger partial charge in [0.1, 0.15) is 17.3 Å². The molecule has 0 unspecified atom stereocenters. The molecule has 0 fully saturated rings. The molecule has 0 bridgehead atoms. The molecule has 1 aromatic carbocycles. The van der Waals surface area contributed by atoms with Crippen molar-refractivity contribution >= 4 is 5.82 Å². The minimum absolute atomic E-state index is 0.786. The quantitative estimate of drug-likeness (QED) is 0.888. The number of methoxy groups -OCH3 is 2. The molecule has 2 aromatic rings. The predicted molar refractivity (Wildman–Crippen MR) is 76.1 cm³/mol. The largest absolute Gasteiger partial charge is 0.496 e. The second-order valence-corrected chi connectivity index (χ2v) is 4.33. The van der Waals surface area contributed by atoms with E-state index in [0.717, 1.165) is 39.7 Å². The maximum Gasteiger partial charge on any atom is 0.148 e. The molecule has 0 aliphatic carbocycles. The van der Waals surface area contributed by atoms with Crippen LogP contribution in [0.25, 0.3) is 11.3 Å². The van der Waals surface area contributed by atoms with Gasteiger partial charge in [0.25, 0.3) is 0 Å². The third-order valence-corrected chi connectivity index (χ3v) is 3.34. The minimum atomic E-state index is 0.786. The first-order valence-electron chi connectivity index (χ1n) is 6.08. The van der Waals surface area contributed by atoms with Crippen molar-refractivity contribution in [3.8, 4) is 22.8 Å². The Morgan fingerprint density at radius 3 is 2.37 bits per heavy atom. The fourth-order valence-corrected chi connectivity index (χ4v) is 2.12. The lowest BCUT2D eigenvalue weighted by atomic mass is 10.0. The highest BCUT2D eigenvalue weighted by Gasteiger charge is 2.16. The van der Waals surface area contributed by atoms with Crippen LogP contribution in [0, 0.1) is 13.8 Å². The molecule has 0 aliphatic heterocycles. The van der Waals surface area contributed by atoms with E-state index in [0.29, 0.717) is 0 Å². The predicted octanol–water partition coefficient (Wildman–Crippen LogP) is 2.75. The number of benzene rings is 1. The summed E-state index contributed by atoms with van der Waals surface area (Å²) in [5.41, 5.74) is 3.98. The van der Waals surface area contributed by atoms with Crippen LogP contribution in [0.5, 0.6) is 11.5 Å². The lowest BCUT2D eigenvalue weighted by Gasteiger charge is -2.15. The van der Waals surface area contributed by atoms with Crippen molar-refractivity contribution in [2.24, 2.45) is 0 Å². The molecular formula is C14H19N3O2. The second kappa shape index (κ2) is 5.22. The van der Waals surface area contributed by atoms with Crippen LogP contribution < -0.4 is 14.8 Å². The van der Waals surface area contributed by atoms with E-state index in [4.69, 9.17) is 9.47 Å². The van der Waals surface area contributed by atoms with E-state index in [-0.39, 0.29) is 0 Å². The SMILES string of the molecule is CNc1cc(-c2cc(OC)c(C)c(C)c2OC)[nH]n1. The Morgan fingerprint density at radius 2 is 1.84 bits per heavy atom. The zero-order valence-corrected chi connectivity index (χ0v) is 11.9. The van der Waals surface area contributed by atoms with Crippen LogP contribution in [-0.2, 0) is 0 Å². The third kappa shape index (κ3) is 2.23. The molecule has 0 aliphatic rings. The number of hydrogen-bond acceptors (Lipinski definition) is 4. The molecule has 0 atom stereocenters. The molecule has 102 valence electrons. The van der Waals surface area contributed by atoms with Gasteiger partial charge in [-0.25, -0.2) is 0 Å². The van der Waals surface area contributed by atoms with Gasteiger partial charge in [0, 0.05) is 18.7 Å². The average molecular weight is 261 g/mol. The summed E-state index contributed by atoms with van der Waals surface area (Å²) in [6.07, 6.45) is 0. The first-order valence-corrected chi connectivity index (χ1v) is 6.08. The highest BCUT2D eigenvalue weighted by atomic mass is 16.5. The van der Waals surface area contributed by atoms with Crippen molar-refractivity contribution in [2.75, 3.05) is 26.6 Å². The van der Waals surface area contributed by atoms with Gasteiger partial charge < -0.3 is 14.8 Å². The molecule has 2 N–H and O–H groups in total. The Hall–Kier alpha value is -2.17. The van der Waals surface area contributed by atoms with Crippen molar-refractivity contribution in [2.45, 2.75) is 13.8 Å². The zero-order chi connectivity index (χ0) is 14.0. The summed E-state index contributed by atoms with van der Waals surface area (Å²) >= 11 is 0. The van der Waals surface area contributed by atoms with Gasteiger partial charge in [-0.15, -0.1) is 0 Å². The van der Waals surface area contributed by atoms with Crippen LogP contribution in [0.15, 0.2) is 12.1 Å². The van der Waals surface area contributed by atoms with Crippen LogP contribution in [0.1, 0.15) is 11.1 Å². The minimum Gasteiger partial charge on any atom is -0.496 e. The number of ether oxygens (including phenoxy) is 2. The number of aromatic nitrogens is 2. The van der Waals surface area contributed by atoms with E-state index in [2.05, 4.69) is 15.5 Å². The molecule has 5 nitrogen and oxygen atoms in total. The van der Waals surface area contributed by atoms with Gasteiger partial charge in [-0.2, -0.15) is 5.10 Å². The van der Waals surface area contributed by atoms with E-state index < -0.39 is 0 Å². The van der Waals surface area contributed by atoms with E-state index >= 15 is 0 Å². The summed E-state index contributed by atoms with van der Waals surface area (Å²) in [6, 6.07) is 3.90. The lowest BCUT2D eigenvalue weighted by molar-refractivity contribution is 0.399. The molecule has 2 rings (SSSR count). The van der Waals surface area contributed by atoms with Gasteiger partial charge in [0.05, 0.1) is 19.9 Å². The maximum absolute atomic E-state index is 5.53. The van der Waals surface area contributed by atoms with E-state index in [1.165, 1.54) is 0 Å². The zero-order valence-electron chi connectivity index (χ0n) is 11.9. The molecule has 0 spiro atoms.